The number of amides is 2. The highest BCUT2D eigenvalue weighted by atomic mass is 16.3. The normalized spacial score (nSPS) is 26.0. The molecule has 7 nitrogen and oxygen atoms in total. The van der Waals surface area contributed by atoms with Gasteiger partial charge in [0.1, 0.15) is 5.82 Å². The Morgan fingerprint density at radius 1 is 0.975 bits per heavy atom. The van der Waals surface area contributed by atoms with Gasteiger partial charge in [-0.15, -0.1) is 0 Å². The van der Waals surface area contributed by atoms with Crippen LogP contribution in [-0.2, 0) is 15.1 Å². The van der Waals surface area contributed by atoms with Gasteiger partial charge in [0.25, 0.3) is 0 Å². The second-order valence-electron chi connectivity index (χ2n) is 12.3. The molecule has 0 saturated heterocycles. The van der Waals surface area contributed by atoms with E-state index in [1.54, 1.807) is 19.0 Å². The quantitative estimate of drug-likeness (QED) is 0.375. The number of nitrogens with two attached hydrogens (primary N) is 1. The van der Waals surface area contributed by atoms with Crippen molar-refractivity contribution in [2.24, 2.45) is 17.6 Å². The number of nitrogens with zero attached hydrogens (tertiary/aromatic N) is 2. The van der Waals surface area contributed by atoms with Crippen molar-refractivity contribution in [2.75, 3.05) is 19.4 Å². The Morgan fingerprint density at radius 2 is 1.60 bits per heavy atom. The van der Waals surface area contributed by atoms with E-state index < -0.39 is 11.1 Å². The van der Waals surface area contributed by atoms with Crippen LogP contribution in [0.1, 0.15) is 57.4 Å². The third-order valence-corrected chi connectivity index (χ3v) is 8.53. The van der Waals surface area contributed by atoms with Crippen LogP contribution in [0.25, 0.3) is 22.3 Å². The molecule has 0 unspecified atom stereocenters. The van der Waals surface area contributed by atoms with E-state index in [0.29, 0.717) is 25.1 Å². The fourth-order valence-electron chi connectivity index (χ4n) is 6.54. The van der Waals surface area contributed by atoms with Crippen molar-refractivity contribution >= 4 is 17.6 Å². The molecule has 3 aromatic rings. The molecule has 0 bridgehead atoms. The van der Waals surface area contributed by atoms with Gasteiger partial charge in [-0.05, 0) is 79.7 Å². The number of rotatable bonds is 7. The van der Waals surface area contributed by atoms with E-state index in [9.17, 15) is 14.7 Å². The predicted octanol–water partition coefficient (Wildman–Crippen LogP) is 5.34. The van der Waals surface area contributed by atoms with Crippen molar-refractivity contribution in [1.29, 1.82) is 0 Å². The zero-order chi connectivity index (χ0) is 28.5. The monoisotopic (exact) mass is 540 g/mol. The first-order valence-corrected chi connectivity index (χ1v) is 14.2. The van der Waals surface area contributed by atoms with E-state index >= 15 is 0 Å². The molecule has 1 aromatic heterocycles. The molecule has 0 spiro atoms. The minimum Gasteiger partial charge on any atom is -0.390 e. The molecule has 0 atom stereocenters. The van der Waals surface area contributed by atoms with Gasteiger partial charge in [0.05, 0.1) is 5.60 Å². The minimum atomic E-state index is -0.706. The third kappa shape index (κ3) is 6.11. The first-order valence-electron chi connectivity index (χ1n) is 14.2. The lowest BCUT2D eigenvalue weighted by Gasteiger charge is -2.49. The number of hydrogen-bond acceptors (Lipinski definition) is 5. The van der Waals surface area contributed by atoms with Crippen molar-refractivity contribution < 1.29 is 14.7 Å². The van der Waals surface area contributed by atoms with Gasteiger partial charge in [0.15, 0.2) is 0 Å². The number of aliphatic hydroxyl groups is 1. The molecule has 2 aromatic carbocycles. The fraction of sp³-hybridized carbons (Fsp3) is 0.424. The smallest absolute Gasteiger partial charge is 0.225 e. The summed E-state index contributed by atoms with van der Waals surface area (Å²) in [5, 5.41) is 13.2. The summed E-state index contributed by atoms with van der Waals surface area (Å²) in [5.41, 5.74) is 10.3. The van der Waals surface area contributed by atoms with Crippen LogP contribution in [0.3, 0.4) is 0 Å². The van der Waals surface area contributed by atoms with E-state index in [0.717, 1.165) is 53.5 Å². The molecule has 0 radical (unpaired) electrons. The molecule has 2 aliphatic carbocycles. The maximum Gasteiger partial charge on any atom is 0.225 e. The lowest BCUT2D eigenvalue weighted by atomic mass is 9.63. The Morgan fingerprint density at radius 3 is 2.20 bits per heavy atom. The van der Waals surface area contributed by atoms with Gasteiger partial charge < -0.3 is 21.1 Å². The first kappa shape index (κ1) is 28.0. The summed E-state index contributed by atoms with van der Waals surface area (Å²) in [6.45, 7) is 1.82. The van der Waals surface area contributed by atoms with Gasteiger partial charge in [-0.3, -0.25) is 9.59 Å². The summed E-state index contributed by atoms with van der Waals surface area (Å²) in [6.07, 6.45) is 6.78. The number of hydrogen-bond donors (Lipinski definition) is 3. The maximum absolute atomic E-state index is 13.0. The van der Waals surface area contributed by atoms with Crippen molar-refractivity contribution in [2.45, 2.75) is 63.0 Å². The number of carbonyl (C=O) groups is 2. The molecule has 1 heterocycles. The van der Waals surface area contributed by atoms with E-state index in [-0.39, 0.29) is 23.7 Å². The van der Waals surface area contributed by atoms with Crippen LogP contribution >= 0.6 is 0 Å². The summed E-state index contributed by atoms with van der Waals surface area (Å²) >= 11 is 0. The van der Waals surface area contributed by atoms with Gasteiger partial charge in [-0.25, -0.2) is 4.98 Å². The summed E-state index contributed by atoms with van der Waals surface area (Å²) in [6, 6.07) is 20.2. The first-order chi connectivity index (χ1) is 19.0. The van der Waals surface area contributed by atoms with Crippen LogP contribution in [0.15, 0.2) is 66.9 Å². The highest BCUT2D eigenvalue weighted by Gasteiger charge is 2.49. The molecule has 2 fully saturated rings. The van der Waals surface area contributed by atoms with Crippen LogP contribution in [0.4, 0.5) is 5.82 Å². The number of pyridine rings is 1. The summed E-state index contributed by atoms with van der Waals surface area (Å²) in [5.74, 6) is 1.02. The third-order valence-electron chi connectivity index (χ3n) is 8.53. The van der Waals surface area contributed by atoms with Gasteiger partial charge in [0, 0.05) is 43.7 Å². The Hall–Kier alpha value is -3.55. The molecular weight excluding hydrogens is 500 g/mol. The Bertz CT molecular complexity index is 1350. The van der Waals surface area contributed by atoms with Crippen molar-refractivity contribution in [1.82, 2.24) is 9.88 Å². The van der Waals surface area contributed by atoms with Crippen molar-refractivity contribution in [3.63, 3.8) is 0 Å². The molecule has 5 rings (SSSR count). The fourth-order valence-corrected chi connectivity index (χ4v) is 6.54. The van der Waals surface area contributed by atoms with Crippen LogP contribution in [0.2, 0.25) is 0 Å². The Labute approximate surface area is 236 Å². The van der Waals surface area contributed by atoms with Gasteiger partial charge in [-0.2, -0.15) is 0 Å². The minimum absolute atomic E-state index is 0.0457. The SMILES string of the molecule is CN(C)C(=O)C1CCC(CC(=O)Nc2cc(-c3ccccc3)c(-c3ccc([C@]4(N)C[C@](C)(O)C4)cc3)cn2)CC1. The molecule has 4 N–H and O–H groups in total. The zero-order valence-corrected chi connectivity index (χ0v) is 23.7. The lowest BCUT2D eigenvalue weighted by molar-refractivity contribution is -0.134. The lowest BCUT2D eigenvalue weighted by Crippen LogP contribution is -2.58. The average molecular weight is 541 g/mol. The highest BCUT2D eigenvalue weighted by Crippen LogP contribution is 2.46. The molecule has 7 heteroatoms. The topological polar surface area (TPSA) is 109 Å². The number of aromatic nitrogens is 1. The summed E-state index contributed by atoms with van der Waals surface area (Å²) in [7, 11) is 3.60. The van der Waals surface area contributed by atoms with Crippen LogP contribution < -0.4 is 11.1 Å². The standard InChI is InChI=1S/C33H40N4O3/c1-32(40)20-33(34,21-32)26-15-13-24(14-16-26)28-19-35-29(18-27(28)23-7-5-4-6-8-23)36-30(38)17-22-9-11-25(12-10-22)31(39)37(2)3/h4-8,13-16,18-19,22,25,40H,9-12,17,20-21,34H2,1-3H3,(H,35,36,38)/t22?,25?,32-,33-. The van der Waals surface area contributed by atoms with E-state index in [4.69, 9.17) is 5.73 Å². The number of carbonyl (C=O) groups excluding carboxylic acids is 2. The predicted molar refractivity (Wildman–Crippen MR) is 158 cm³/mol. The van der Waals surface area contributed by atoms with E-state index in [1.807, 2.05) is 49.5 Å². The molecule has 40 heavy (non-hydrogen) atoms. The molecule has 0 aliphatic heterocycles. The molecule has 2 aliphatic rings. The summed E-state index contributed by atoms with van der Waals surface area (Å²) in [4.78, 5) is 31.5. The van der Waals surface area contributed by atoms with Crippen LogP contribution in [-0.4, -0.2) is 46.5 Å². The Kier molecular flexibility index (Phi) is 7.80. The number of anilines is 1. The van der Waals surface area contributed by atoms with Crippen molar-refractivity contribution in [3.8, 4) is 22.3 Å². The molecule has 2 amide bonds. The van der Waals surface area contributed by atoms with Gasteiger partial charge in [0.2, 0.25) is 11.8 Å². The summed E-state index contributed by atoms with van der Waals surface area (Å²) < 4.78 is 0. The molecular formula is C33H40N4O3. The Balaban J connectivity index is 1.30. The second kappa shape index (κ2) is 11.1. The van der Waals surface area contributed by atoms with Gasteiger partial charge in [-0.1, -0.05) is 54.6 Å². The largest absolute Gasteiger partial charge is 0.390 e. The number of benzene rings is 2. The van der Waals surface area contributed by atoms with Gasteiger partial charge >= 0.3 is 0 Å². The maximum atomic E-state index is 13.0. The molecule has 2 saturated carbocycles. The van der Waals surface area contributed by atoms with E-state index in [1.165, 1.54) is 0 Å². The second-order valence-corrected chi connectivity index (χ2v) is 12.3. The zero-order valence-electron chi connectivity index (χ0n) is 23.7. The average Bonchev–Trinajstić information content (AvgIpc) is 2.92. The van der Waals surface area contributed by atoms with Crippen molar-refractivity contribution in [3.05, 3.63) is 72.4 Å². The molecule has 210 valence electrons. The van der Waals surface area contributed by atoms with Crippen LogP contribution in [0, 0.1) is 11.8 Å². The van der Waals surface area contributed by atoms with Crippen LogP contribution in [0.5, 0.6) is 0 Å². The highest BCUT2D eigenvalue weighted by molar-refractivity contribution is 5.92. The number of nitrogens with one attached hydrogen (secondary N) is 1. The van der Waals surface area contributed by atoms with E-state index in [2.05, 4.69) is 34.6 Å².